The zero-order valence-corrected chi connectivity index (χ0v) is 9.86. The molecule has 1 aromatic heterocycles. The second kappa shape index (κ2) is 5.83. The highest BCUT2D eigenvalue weighted by atomic mass is 16.2. The van der Waals surface area contributed by atoms with Crippen LogP contribution in [-0.4, -0.2) is 29.9 Å². The summed E-state index contributed by atoms with van der Waals surface area (Å²) in [6.07, 6.45) is 1.77. The molecule has 1 heterocycles. The molecule has 0 saturated heterocycles. The molecule has 2 amide bonds. The molecule has 17 heavy (non-hydrogen) atoms. The van der Waals surface area contributed by atoms with Crippen LogP contribution in [-0.2, 0) is 4.79 Å². The summed E-state index contributed by atoms with van der Waals surface area (Å²) in [5, 5.41) is 5.56. The van der Waals surface area contributed by atoms with Gasteiger partial charge in [-0.15, -0.1) is 0 Å². The molecular weight excluding hydrogens is 220 g/mol. The Labute approximate surface area is 99.6 Å². The Kier molecular flexibility index (Phi) is 4.45. The van der Waals surface area contributed by atoms with Crippen LogP contribution in [0.25, 0.3) is 0 Å². The number of carbonyl (C=O) groups excluding carboxylic acids is 2. The summed E-state index contributed by atoms with van der Waals surface area (Å²) >= 11 is 0. The molecule has 0 fully saturated rings. The van der Waals surface area contributed by atoms with E-state index in [2.05, 4.69) is 15.6 Å². The molecule has 0 radical (unpaired) electrons. The van der Waals surface area contributed by atoms with Crippen LogP contribution in [0.5, 0.6) is 0 Å². The van der Waals surface area contributed by atoms with Crippen LogP contribution >= 0.6 is 0 Å². The van der Waals surface area contributed by atoms with Gasteiger partial charge in [0.2, 0.25) is 5.91 Å². The molecule has 1 aromatic rings. The first-order valence-electron chi connectivity index (χ1n) is 5.26. The number of pyridine rings is 1. The number of nitrogens with two attached hydrogens (primary N) is 1. The van der Waals surface area contributed by atoms with E-state index in [0.29, 0.717) is 5.69 Å². The number of primary amides is 1. The molecule has 4 N–H and O–H groups in total. The summed E-state index contributed by atoms with van der Waals surface area (Å²) in [6.45, 7) is 1.84. The third kappa shape index (κ3) is 4.10. The molecule has 1 atom stereocenters. The van der Waals surface area contributed by atoms with Crippen LogP contribution in [0.2, 0.25) is 0 Å². The highest BCUT2D eigenvalue weighted by molar-refractivity contribution is 5.92. The topological polar surface area (TPSA) is 97.1 Å². The Hall–Kier alpha value is -2.11. The molecule has 0 spiro atoms. The number of hydrogen-bond donors (Lipinski definition) is 3. The number of nitrogens with zero attached hydrogens (tertiary/aromatic N) is 1. The minimum absolute atomic E-state index is 0.0903. The molecule has 0 aromatic carbocycles. The van der Waals surface area contributed by atoms with Gasteiger partial charge in [0.15, 0.2) is 0 Å². The van der Waals surface area contributed by atoms with Gasteiger partial charge in [-0.25, -0.2) is 0 Å². The Morgan fingerprint density at radius 3 is 2.82 bits per heavy atom. The summed E-state index contributed by atoms with van der Waals surface area (Å²) in [7, 11) is 1.54. The number of anilines is 1. The zero-order chi connectivity index (χ0) is 12.8. The van der Waals surface area contributed by atoms with Gasteiger partial charge >= 0.3 is 0 Å². The van der Waals surface area contributed by atoms with Crippen molar-refractivity contribution in [2.45, 2.75) is 19.4 Å². The maximum Gasteiger partial charge on any atom is 0.269 e. The molecule has 0 saturated carbocycles. The van der Waals surface area contributed by atoms with Crippen molar-refractivity contribution in [3.63, 3.8) is 0 Å². The first kappa shape index (κ1) is 13.0. The van der Waals surface area contributed by atoms with E-state index in [0.717, 1.165) is 5.69 Å². The number of nitrogens with one attached hydrogen (secondary N) is 2. The van der Waals surface area contributed by atoms with Gasteiger partial charge in [0, 0.05) is 31.4 Å². The summed E-state index contributed by atoms with van der Waals surface area (Å²) < 4.78 is 0. The van der Waals surface area contributed by atoms with Crippen molar-refractivity contribution < 1.29 is 9.59 Å². The molecule has 1 unspecified atom stereocenters. The average molecular weight is 236 g/mol. The number of hydrogen-bond acceptors (Lipinski definition) is 4. The molecule has 92 valence electrons. The predicted molar refractivity (Wildman–Crippen MR) is 64.5 cm³/mol. The molecular formula is C11H16N4O2. The lowest BCUT2D eigenvalue weighted by atomic mass is 10.2. The van der Waals surface area contributed by atoms with Gasteiger partial charge in [-0.2, -0.15) is 0 Å². The third-order valence-electron chi connectivity index (χ3n) is 2.14. The molecule has 6 nitrogen and oxygen atoms in total. The van der Waals surface area contributed by atoms with Crippen LogP contribution in [0.1, 0.15) is 23.8 Å². The van der Waals surface area contributed by atoms with Crippen LogP contribution in [0.3, 0.4) is 0 Å². The number of amides is 2. The van der Waals surface area contributed by atoms with Gasteiger partial charge in [-0.05, 0) is 19.1 Å². The van der Waals surface area contributed by atoms with Crippen molar-refractivity contribution >= 4 is 17.5 Å². The zero-order valence-electron chi connectivity index (χ0n) is 9.86. The SMILES string of the molecule is CNC(=O)c1cc(NC(C)CC(N)=O)ccn1. The number of aromatic nitrogens is 1. The Bertz CT molecular complexity index is 420. The molecule has 6 heteroatoms. The van der Waals surface area contributed by atoms with E-state index in [1.165, 1.54) is 6.20 Å². The maximum absolute atomic E-state index is 11.4. The first-order chi connectivity index (χ1) is 8.02. The largest absolute Gasteiger partial charge is 0.382 e. The summed E-state index contributed by atoms with van der Waals surface area (Å²) in [5.74, 6) is -0.623. The lowest BCUT2D eigenvalue weighted by Crippen LogP contribution is -2.24. The van der Waals surface area contributed by atoms with E-state index >= 15 is 0 Å². The predicted octanol–water partition coefficient (Wildman–Crippen LogP) is 0.117. The van der Waals surface area contributed by atoms with Crippen molar-refractivity contribution in [3.05, 3.63) is 24.0 Å². The van der Waals surface area contributed by atoms with Crippen LogP contribution in [0, 0.1) is 0 Å². The second-order valence-electron chi connectivity index (χ2n) is 3.72. The maximum atomic E-state index is 11.4. The Morgan fingerprint density at radius 2 is 2.24 bits per heavy atom. The van der Waals surface area contributed by atoms with Crippen molar-refractivity contribution in [1.29, 1.82) is 0 Å². The van der Waals surface area contributed by atoms with Crippen LogP contribution < -0.4 is 16.4 Å². The third-order valence-corrected chi connectivity index (χ3v) is 2.14. The van der Waals surface area contributed by atoms with E-state index in [-0.39, 0.29) is 24.3 Å². The smallest absolute Gasteiger partial charge is 0.269 e. The van der Waals surface area contributed by atoms with Gasteiger partial charge in [-0.3, -0.25) is 14.6 Å². The van der Waals surface area contributed by atoms with Crippen molar-refractivity contribution in [2.75, 3.05) is 12.4 Å². The van der Waals surface area contributed by atoms with E-state index < -0.39 is 0 Å². The number of carbonyl (C=O) groups is 2. The van der Waals surface area contributed by atoms with Crippen molar-refractivity contribution in [1.82, 2.24) is 10.3 Å². The van der Waals surface area contributed by atoms with Crippen LogP contribution in [0.15, 0.2) is 18.3 Å². The van der Waals surface area contributed by atoms with Gasteiger partial charge in [0.05, 0.1) is 0 Å². The molecule has 1 rings (SSSR count). The lowest BCUT2D eigenvalue weighted by Gasteiger charge is -2.13. The Balaban J connectivity index is 2.72. The molecule has 0 aliphatic heterocycles. The van der Waals surface area contributed by atoms with E-state index in [1.54, 1.807) is 19.2 Å². The van der Waals surface area contributed by atoms with E-state index in [9.17, 15) is 9.59 Å². The fraction of sp³-hybridized carbons (Fsp3) is 0.364. The average Bonchev–Trinajstić information content (AvgIpc) is 2.27. The summed E-state index contributed by atoms with van der Waals surface area (Å²) in [4.78, 5) is 26.0. The molecule has 0 aliphatic carbocycles. The highest BCUT2D eigenvalue weighted by Gasteiger charge is 2.08. The van der Waals surface area contributed by atoms with Gasteiger partial charge < -0.3 is 16.4 Å². The minimum atomic E-state index is -0.370. The van der Waals surface area contributed by atoms with Gasteiger partial charge in [-0.1, -0.05) is 0 Å². The minimum Gasteiger partial charge on any atom is -0.382 e. The number of rotatable bonds is 5. The quantitative estimate of drug-likeness (QED) is 0.676. The fourth-order valence-electron chi connectivity index (χ4n) is 1.41. The van der Waals surface area contributed by atoms with E-state index in [4.69, 9.17) is 5.73 Å². The first-order valence-corrected chi connectivity index (χ1v) is 5.26. The second-order valence-corrected chi connectivity index (χ2v) is 3.72. The lowest BCUT2D eigenvalue weighted by molar-refractivity contribution is -0.118. The molecule has 0 aliphatic rings. The highest BCUT2D eigenvalue weighted by Crippen LogP contribution is 2.10. The Morgan fingerprint density at radius 1 is 1.53 bits per heavy atom. The summed E-state index contributed by atoms with van der Waals surface area (Å²) in [5.41, 5.74) is 6.14. The van der Waals surface area contributed by atoms with Crippen LogP contribution in [0.4, 0.5) is 5.69 Å². The van der Waals surface area contributed by atoms with Crippen molar-refractivity contribution in [3.8, 4) is 0 Å². The van der Waals surface area contributed by atoms with Gasteiger partial charge in [0.1, 0.15) is 5.69 Å². The monoisotopic (exact) mass is 236 g/mol. The van der Waals surface area contributed by atoms with Gasteiger partial charge in [0.25, 0.3) is 5.91 Å². The summed E-state index contributed by atoms with van der Waals surface area (Å²) in [6, 6.07) is 3.26. The fourth-order valence-corrected chi connectivity index (χ4v) is 1.41. The normalized spacial score (nSPS) is 11.6. The standard InChI is InChI=1S/C11H16N4O2/c1-7(5-10(12)16)15-8-3-4-14-9(6-8)11(17)13-2/h3-4,6-7H,5H2,1-2H3,(H2,12,16)(H,13,17)(H,14,15). The molecule has 0 bridgehead atoms. The van der Waals surface area contributed by atoms with Crippen molar-refractivity contribution in [2.24, 2.45) is 5.73 Å². The van der Waals surface area contributed by atoms with E-state index in [1.807, 2.05) is 6.92 Å².